The Morgan fingerprint density at radius 1 is 1.22 bits per heavy atom. The predicted molar refractivity (Wildman–Crippen MR) is 159 cm³/mol. The van der Waals surface area contributed by atoms with E-state index in [-0.39, 0.29) is 18.4 Å². The third kappa shape index (κ3) is 6.39. The topological polar surface area (TPSA) is 88.8 Å². The molecule has 4 heterocycles. The van der Waals surface area contributed by atoms with E-state index in [0.717, 1.165) is 56.1 Å². The van der Waals surface area contributed by atoms with E-state index in [1.807, 2.05) is 0 Å². The highest BCUT2D eigenvalue weighted by Gasteiger charge is 2.34. The Labute approximate surface area is 244 Å². The standard InChI is InChI=1S/C32H43N7O2/c1-5-23(3)27-12-8-7-10-24(27)18-37-20-28-29(21-37)34-32(41-22-26-11-9-15-36(26)4)35-31(28)38-16-17-39(30(40)6-2)25(19-38)13-14-33/h6-8,10,12,23,25-26H,2,5,9,11,13,15-22H2,1,3-4H3/t23?,25-,26-/m0/s1. The van der Waals surface area contributed by atoms with Crippen molar-refractivity contribution >= 4 is 11.7 Å². The maximum absolute atomic E-state index is 12.5. The Hall–Kier alpha value is -3.48. The lowest BCUT2D eigenvalue weighted by atomic mass is 9.93. The molecule has 0 N–H and O–H groups in total. The summed E-state index contributed by atoms with van der Waals surface area (Å²) in [5.41, 5.74) is 4.89. The van der Waals surface area contributed by atoms with Gasteiger partial charge < -0.3 is 19.4 Å². The number of benzene rings is 1. The molecule has 3 aliphatic rings. The van der Waals surface area contributed by atoms with E-state index in [1.54, 1.807) is 4.90 Å². The van der Waals surface area contributed by atoms with Crippen LogP contribution in [-0.2, 0) is 24.4 Å². The van der Waals surface area contributed by atoms with Crippen molar-refractivity contribution in [3.63, 3.8) is 0 Å². The molecule has 2 fully saturated rings. The summed E-state index contributed by atoms with van der Waals surface area (Å²) in [6, 6.07) is 11.6. The van der Waals surface area contributed by atoms with Gasteiger partial charge in [-0.25, -0.2) is 0 Å². The van der Waals surface area contributed by atoms with Crippen LogP contribution >= 0.6 is 0 Å². The van der Waals surface area contributed by atoms with Crippen molar-refractivity contribution in [2.75, 3.05) is 44.7 Å². The van der Waals surface area contributed by atoms with E-state index in [9.17, 15) is 10.1 Å². The number of anilines is 1. The van der Waals surface area contributed by atoms with Gasteiger partial charge in [0.2, 0.25) is 5.91 Å². The molecule has 0 spiro atoms. The number of rotatable bonds is 10. The molecule has 0 saturated carbocycles. The normalized spacial score (nSPS) is 21.9. The number of hydrogen-bond donors (Lipinski definition) is 0. The van der Waals surface area contributed by atoms with Crippen molar-refractivity contribution in [3.8, 4) is 12.1 Å². The predicted octanol–water partition coefficient (Wildman–Crippen LogP) is 4.10. The second kappa shape index (κ2) is 13.0. The number of aromatic nitrogens is 2. The highest BCUT2D eigenvalue weighted by molar-refractivity contribution is 5.87. The fourth-order valence-electron chi connectivity index (χ4n) is 6.43. The van der Waals surface area contributed by atoms with Crippen LogP contribution in [0.25, 0.3) is 0 Å². The monoisotopic (exact) mass is 557 g/mol. The van der Waals surface area contributed by atoms with Gasteiger partial charge in [0, 0.05) is 50.9 Å². The first-order valence-electron chi connectivity index (χ1n) is 15.0. The first-order chi connectivity index (χ1) is 19.9. The van der Waals surface area contributed by atoms with Gasteiger partial charge in [0.25, 0.3) is 0 Å². The van der Waals surface area contributed by atoms with Crippen molar-refractivity contribution in [2.24, 2.45) is 0 Å². The summed E-state index contributed by atoms with van der Waals surface area (Å²) in [7, 11) is 2.14. The van der Waals surface area contributed by atoms with Crippen molar-refractivity contribution in [2.45, 2.75) is 77.2 Å². The molecule has 2 aromatic rings. The molecule has 1 aromatic heterocycles. The van der Waals surface area contributed by atoms with Crippen molar-refractivity contribution in [3.05, 3.63) is 59.3 Å². The highest BCUT2D eigenvalue weighted by Crippen LogP contribution is 2.34. The molecule has 0 aliphatic carbocycles. The zero-order chi connectivity index (χ0) is 28.9. The average Bonchev–Trinajstić information content (AvgIpc) is 3.60. The van der Waals surface area contributed by atoms with Crippen LogP contribution in [0.1, 0.15) is 67.8 Å². The SMILES string of the molecule is C=CC(=O)N1CCN(c2nc(OC[C@@H]3CCCN3C)nc3c2CN(Cc2ccccc2C(C)CC)C3)C[C@@H]1CC#N. The van der Waals surface area contributed by atoms with Crippen LogP contribution in [0.4, 0.5) is 5.82 Å². The second-order valence-electron chi connectivity index (χ2n) is 11.7. The number of likely N-dealkylation sites (tertiary alicyclic amines) is 1. The number of hydrogen-bond acceptors (Lipinski definition) is 8. The van der Waals surface area contributed by atoms with Crippen molar-refractivity contribution in [1.82, 2.24) is 24.7 Å². The van der Waals surface area contributed by atoms with E-state index in [2.05, 4.69) is 72.5 Å². The van der Waals surface area contributed by atoms with Crippen LogP contribution in [0.2, 0.25) is 0 Å². The number of nitriles is 1. The van der Waals surface area contributed by atoms with Crippen molar-refractivity contribution in [1.29, 1.82) is 5.26 Å². The molecule has 0 bridgehead atoms. The van der Waals surface area contributed by atoms with E-state index in [4.69, 9.17) is 14.7 Å². The van der Waals surface area contributed by atoms with Crippen molar-refractivity contribution < 1.29 is 9.53 Å². The largest absolute Gasteiger partial charge is 0.462 e. The first kappa shape index (κ1) is 29.0. The maximum atomic E-state index is 12.5. The van der Waals surface area contributed by atoms with Gasteiger partial charge in [-0.2, -0.15) is 15.2 Å². The molecule has 9 nitrogen and oxygen atoms in total. The van der Waals surface area contributed by atoms with Gasteiger partial charge in [-0.05, 0) is 56.0 Å². The Morgan fingerprint density at radius 3 is 2.78 bits per heavy atom. The van der Waals surface area contributed by atoms with E-state index in [1.165, 1.54) is 23.6 Å². The van der Waals surface area contributed by atoms with Gasteiger partial charge in [0.15, 0.2) is 0 Å². The zero-order valence-electron chi connectivity index (χ0n) is 24.8. The lowest BCUT2D eigenvalue weighted by Gasteiger charge is -2.41. The average molecular weight is 558 g/mol. The Morgan fingerprint density at radius 2 is 2.05 bits per heavy atom. The quantitative estimate of drug-likeness (QED) is 0.404. The smallest absolute Gasteiger partial charge is 0.318 e. The summed E-state index contributed by atoms with van der Waals surface area (Å²) < 4.78 is 6.25. The minimum absolute atomic E-state index is 0.131. The molecule has 1 amide bonds. The molecule has 1 aromatic carbocycles. The van der Waals surface area contributed by atoms with Gasteiger partial charge in [-0.1, -0.05) is 44.7 Å². The molecule has 0 radical (unpaired) electrons. The number of carbonyl (C=O) groups is 1. The summed E-state index contributed by atoms with van der Waals surface area (Å²) in [5.74, 6) is 1.25. The summed E-state index contributed by atoms with van der Waals surface area (Å²) in [5, 5.41) is 9.51. The molecule has 218 valence electrons. The molecule has 41 heavy (non-hydrogen) atoms. The molecule has 3 atom stereocenters. The summed E-state index contributed by atoms with van der Waals surface area (Å²) in [6.45, 7) is 13.9. The van der Waals surface area contributed by atoms with Gasteiger partial charge in [-0.3, -0.25) is 9.69 Å². The minimum atomic E-state index is -0.221. The minimum Gasteiger partial charge on any atom is -0.462 e. The maximum Gasteiger partial charge on any atom is 0.318 e. The highest BCUT2D eigenvalue weighted by atomic mass is 16.5. The summed E-state index contributed by atoms with van der Waals surface area (Å²) in [4.78, 5) is 31.2. The van der Waals surface area contributed by atoms with Crippen LogP contribution < -0.4 is 9.64 Å². The van der Waals surface area contributed by atoms with E-state index < -0.39 is 0 Å². The Balaban J connectivity index is 1.41. The number of amides is 1. The molecule has 9 heteroatoms. The molecule has 5 rings (SSSR count). The Kier molecular flexibility index (Phi) is 9.21. The van der Waals surface area contributed by atoms with E-state index >= 15 is 0 Å². The molecular weight excluding hydrogens is 514 g/mol. The van der Waals surface area contributed by atoms with Gasteiger partial charge >= 0.3 is 6.01 Å². The van der Waals surface area contributed by atoms with Gasteiger partial charge in [0.05, 0.1) is 24.2 Å². The molecule has 3 aliphatic heterocycles. The van der Waals surface area contributed by atoms with E-state index in [0.29, 0.717) is 44.2 Å². The lowest BCUT2D eigenvalue weighted by Crippen LogP contribution is -2.55. The number of likely N-dealkylation sites (N-methyl/N-ethyl adjacent to an activating group) is 1. The third-order valence-corrected chi connectivity index (χ3v) is 9.04. The number of carbonyl (C=O) groups excluding carboxylic acids is 1. The van der Waals surface area contributed by atoms with Crippen LogP contribution in [-0.4, -0.2) is 82.5 Å². The summed E-state index contributed by atoms with van der Waals surface area (Å²) >= 11 is 0. The molecule has 2 saturated heterocycles. The molecular formula is C32H43N7O2. The lowest BCUT2D eigenvalue weighted by molar-refractivity contribution is -0.128. The number of piperazine rings is 1. The second-order valence-corrected chi connectivity index (χ2v) is 11.7. The fourth-order valence-corrected chi connectivity index (χ4v) is 6.43. The van der Waals surface area contributed by atoms with Gasteiger partial charge in [-0.15, -0.1) is 0 Å². The number of nitrogens with zero attached hydrogens (tertiary/aromatic N) is 7. The Bertz CT molecular complexity index is 1290. The fraction of sp³-hybridized carbons (Fsp3) is 0.562. The zero-order valence-corrected chi connectivity index (χ0v) is 24.8. The summed E-state index contributed by atoms with van der Waals surface area (Å²) in [6.07, 6.45) is 5.01. The number of fused-ring (bicyclic) bond motifs is 1. The van der Waals surface area contributed by atoms with Gasteiger partial charge in [0.1, 0.15) is 12.4 Å². The van der Waals surface area contributed by atoms with Crippen LogP contribution in [0, 0.1) is 11.3 Å². The van der Waals surface area contributed by atoms with Crippen LogP contribution in [0.5, 0.6) is 6.01 Å². The van der Waals surface area contributed by atoms with Crippen LogP contribution in [0.3, 0.4) is 0 Å². The van der Waals surface area contributed by atoms with Crippen LogP contribution in [0.15, 0.2) is 36.9 Å². The molecule has 1 unspecified atom stereocenters. The number of ether oxygens (including phenoxy) is 1. The third-order valence-electron chi connectivity index (χ3n) is 9.04. The first-order valence-corrected chi connectivity index (χ1v) is 15.0.